The van der Waals surface area contributed by atoms with Gasteiger partial charge in [0.05, 0.1) is 17.9 Å². The Bertz CT molecular complexity index is 1130. The van der Waals surface area contributed by atoms with Crippen LogP contribution >= 0.6 is 12.2 Å². The first kappa shape index (κ1) is 23.6. The van der Waals surface area contributed by atoms with Gasteiger partial charge in [-0.2, -0.15) is 5.26 Å². The molecule has 2 N–H and O–H groups in total. The Labute approximate surface area is 186 Å². The number of benzene rings is 1. The molecule has 168 valence electrons. The van der Waals surface area contributed by atoms with Gasteiger partial charge in [0.2, 0.25) is 0 Å². The first-order valence-corrected chi connectivity index (χ1v) is 9.73. The number of carbonyl (C=O) groups excluding carboxylic acids is 1. The number of halogens is 4. The highest BCUT2D eigenvalue weighted by atomic mass is 32.1. The van der Waals surface area contributed by atoms with Gasteiger partial charge in [0.25, 0.3) is 5.91 Å². The van der Waals surface area contributed by atoms with Crippen molar-refractivity contribution in [3.05, 3.63) is 58.9 Å². The van der Waals surface area contributed by atoms with Crippen LogP contribution in [0.5, 0.6) is 0 Å². The lowest BCUT2D eigenvalue weighted by Gasteiger charge is -2.44. The number of carbonyl (C=O) groups is 1. The molecule has 1 aromatic carbocycles. The number of alkyl halides is 2. The summed E-state index contributed by atoms with van der Waals surface area (Å²) >= 11 is 5.04. The Morgan fingerprint density at radius 2 is 1.94 bits per heavy atom. The molecular weight excluding hydrogens is 448 g/mol. The van der Waals surface area contributed by atoms with Crippen molar-refractivity contribution in [2.75, 3.05) is 11.9 Å². The summed E-state index contributed by atoms with van der Waals surface area (Å²) in [7, 11) is 0. The predicted octanol–water partition coefficient (Wildman–Crippen LogP) is 4.06. The Morgan fingerprint density at radius 3 is 2.53 bits per heavy atom. The summed E-state index contributed by atoms with van der Waals surface area (Å²) in [5, 5.41) is 13.4. The third-order valence-electron chi connectivity index (χ3n) is 5.31. The molecule has 1 saturated heterocycles. The van der Waals surface area contributed by atoms with E-state index in [0.29, 0.717) is 6.07 Å². The van der Waals surface area contributed by atoms with Gasteiger partial charge in [-0.25, -0.2) is 22.5 Å². The van der Waals surface area contributed by atoms with Crippen LogP contribution in [-0.2, 0) is 10.3 Å². The number of nitrogens with one attached hydrogen (secondary N) is 2. The summed E-state index contributed by atoms with van der Waals surface area (Å²) in [4.78, 5) is 16.1. The van der Waals surface area contributed by atoms with E-state index < -0.39 is 45.9 Å². The maximum Gasteiger partial charge on any atom is 0.302 e. The molecule has 0 bridgehead atoms. The van der Waals surface area contributed by atoms with Crippen LogP contribution in [0.25, 0.3) is 0 Å². The van der Waals surface area contributed by atoms with Crippen LogP contribution in [0.1, 0.15) is 42.4 Å². The van der Waals surface area contributed by atoms with Crippen molar-refractivity contribution in [1.82, 2.24) is 10.3 Å². The third kappa shape index (κ3) is 3.91. The Balaban J connectivity index is 2.06. The SMILES string of the molecule is CC1(C)OCC(=S)N[C@](C)(c2cc(NC(=O)c3ccc(C#N)cn3)c(F)cc2F)C1(F)F. The number of hydrogen-bond acceptors (Lipinski definition) is 5. The molecular formula is C21H18F4N4O2S. The lowest BCUT2D eigenvalue weighted by atomic mass is 9.77. The lowest BCUT2D eigenvalue weighted by Crippen LogP contribution is -2.62. The maximum absolute atomic E-state index is 15.5. The Morgan fingerprint density at radius 1 is 1.25 bits per heavy atom. The number of ether oxygens (including phenoxy) is 1. The van der Waals surface area contributed by atoms with Crippen LogP contribution in [-0.4, -0.2) is 34.0 Å². The standard InChI is InChI=1S/C21H18F4N4O2S/c1-19(2)21(24,25)20(3,29-17(32)10-31-19)12-6-16(14(23)7-13(12)22)28-18(30)15-5-4-11(8-26)9-27-15/h4-7,9H,10H2,1-3H3,(H,28,30)(H,29,32)/t20-/m1/s1. The summed E-state index contributed by atoms with van der Waals surface area (Å²) in [5.74, 6) is -7.02. The zero-order chi connectivity index (χ0) is 23.9. The molecule has 32 heavy (non-hydrogen) atoms. The van der Waals surface area contributed by atoms with Gasteiger partial charge in [0.1, 0.15) is 39.5 Å². The summed E-state index contributed by atoms with van der Waals surface area (Å²) in [6.45, 7) is 2.99. The minimum absolute atomic E-state index is 0.0890. The number of rotatable bonds is 3. The molecule has 0 spiro atoms. The molecule has 11 heteroatoms. The molecule has 1 aliphatic rings. The van der Waals surface area contributed by atoms with Gasteiger partial charge >= 0.3 is 5.92 Å². The molecule has 0 aliphatic carbocycles. The van der Waals surface area contributed by atoms with E-state index in [1.165, 1.54) is 12.1 Å². The second-order valence-corrected chi connectivity index (χ2v) is 8.35. The number of nitriles is 1. The topological polar surface area (TPSA) is 87.0 Å². The average molecular weight is 466 g/mol. The van der Waals surface area contributed by atoms with Crippen molar-refractivity contribution < 1.29 is 27.1 Å². The normalized spacial score (nSPS) is 21.8. The Kier molecular flexibility index (Phi) is 5.97. The van der Waals surface area contributed by atoms with Crippen molar-refractivity contribution in [3.63, 3.8) is 0 Å². The quantitative estimate of drug-likeness (QED) is 0.524. The van der Waals surface area contributed by atoms with Crippen molar-refractivity contribution in [3.8, 4) is 6.07 Å². The van der Waals surface area contributed by atoms with Crippen LogP contribution in [0.3, 0.4) is 0 Å². The highest BCUT2D eigenvalue weighted by molar-refractivity contribution is 7.80. The molecule has 2 heterocycles. The summed E-state index contributed by atoms with van der Waals surface area (Å²) in [6.07, 6.45) is 1.14. The van der Waals surface area contributed by atoms with Crippen molar-refractivity contribution in [2.24, 2.45) is 0 Å². The molecule has 1 atom stereocenters. The van der Waals surface area contributed by atoms with E-state index >= 15 is 8.78 Å². The predicted molar refractivity (Wildman–Crippen MR) is 111 cm³/mol. The largest absolute Gasteiger partial charge is 0.363 e. The van der Waals surface area contributed by atoms with Gasteiger partial charge in [-0.05, 0) is 39.0 Å². The molecule has 0 unspecified atom stereocenters. The van der Waals surface area contributed by atoms with Gasteiger partial charge in [-0.15, -0.1) is 0 Å². The van der Waals surface area contributed by atoms with Crippen LogP contribution in [0, 0.1) is 23.0 Å². The summed E-state index contributed by atoms with van der Waals surface area (Å²) < 4.78 is 65.5. The molecule has 1 aliphatic heterocycles. The fraction of sp³-hybridized carbons (Fsp3) is 0.333. The summed E-state index contributed by atoms with van der Waals surface area (Å²) in [5.41, 5.74) is -5.58. The number of anilines is 1. The van der Waals surface area contributed by atoms with Gasteiger partial charge in [-0.1, -0.05) is 12.2 Å². The molecule has 3 rings (SSSR count). The average Bonchev–Trinajstić information content (AvgIpc) is 2.79. The van der Waals surface area contributed by atoms with E-state index in [1.807, 2.05) is 6.07 Å². The van der Waals surface area contributed by atoms with Gasteiger partial charge in [0, 0.05) is 17.8 Å². The molecule has 1 amide bonds. The first-order valence-electron chi connectivity index (χ1n) is 9.32. The maximum atomic E-state index is 15.5. The van der Waals surface area contributed by atoms with Crippen molar-refractivity contribution in [1.29, 1.82) is 5.26 Å². The number of pyridine rings is 1. The second kappa shape index (κ2) is 8.11. The zero-order valence-electron chi connectivity index (χ0n) is 17.2. The molecule has 6 nitrogen and oxygen atoms in total. The second-order valence-electron chi connectivity index (χ2n) is 7.86. The number of nitrogens with zero attached hydrogens (tertiary/aromatic N) is 2. The van der Waals surface area contributed by atoms with Gasteiger partial charge in [0.15, 0.2) is 0 Å². The minimum atomic E-state index is -3.71. The monoisotopic (exact) mass is 466 g/mol. The van der Waals surface area contributed by atoms with E-state index in [2.05, 4.69) is 15.6 Å². The molecule has 2 aromatic rings. The number of thiocarbonyl (C=S) groups is 1. The van der Waals surface area contributed by atoms with Crippen molar-refractivity contribution >= 4 is 28.8 Å². The third-order valence-corrected chi connectivity index (χ3v) is 5.53. The number of amides is 1. The van der Waals surface area contributed by atoms with E-state index in [4.69, 9.17) is 22.2 Å². The van der Waals surface area contributed by atoms with Crippen molar-refractivity contribution in [2.45, 2.75) is 37.8 Å². The van der Waals surface area contributed by atoms with Crippen LogP contribution in [0.4, 0.5) is 23.2 Å². The van der Waals surface area contributed by atoms with Gasteiger partial charge in [-0.3, -0.25) is 4.79 Å². The van der Waals surface area contributed by atoms with E-state index in [0.717, 1.165) is 33.0 Å². The highest BCUT2D eigenvalue weighted by Gasteiger charge is 2.64. The molecule has 1 fully saturated rings. The van der Waals surface area contributed by atoms with Crippen LogP contribution < -0.4 is 10.6 Å². The smallest absolute Gasteiger partial charge is 0.302 e. The Hall–Kier alpha value is -3.10. The number of aromatic nitrogens is 1. The fourth-order valence-electron chi connectivity index (χ4n) is 3.38. The molecule has 1 aromatic heterocycles. The fourth-order valence-corrected chi connectivity index (χ4v) is 3.64. The van der Waals surface area contributed by atoms with Gasteiger partial charge < -0.3 is 15.4 Å². The van der Waals surface area contributed by atoms with E-state index in [9.17, 15) is 13.6 Å². The van der Waals surface area contributed by atoms with E-state index in [-0.39, 0.29) is 22.9 Å². The molecule has 0 saturated carbocycles. The van der Waals surface area contributed by atoms with E-state index in [1.54, 1.807) is 0 Å². The minimum Gasteiger partial charge on any atom is -0.363 e. The zero-order valence-corrected chi connectivity index (χ0v) is 18.0. The molecule has 0 radical (unpaired) electrons. The summed E-state index contributed by atoms with van der Waals surface area (Å²) in [6, 6.07) is 5.59. The lowest BCUT2D eigenvalue weighted by molar-refractivity contribution is -0.216. The highest BCUT2D eigenvalue weighted by Crippen LogP contribution is 2.48. The first-order chi connectivity index (χ1) is 14.8. The van der Waals surface area contributed by atoms with Crippen LogP contribution in [0.15, 0.2) is 30.5 Å². The number of hydrogen-bond donors (Lipinski definition) is 2. The van der Waals surface area contributed by atoms with Crippen LogP contribution in [0.2, 0.25) is 0 Å².